The zero-order valence-electron chi connectivity index (χ0n) is 40.4. The fourth-order valence-corrected chi connectivity index (χ4v) is 8.43. The molecule has 13 nitrogen and oxygen atoms in total. The minimum Gasteiger partial charge on any atom is -0.457 e. The molecule has 0 bridgehead atoms. The summed E-state index contributed by atoms with van der Waals surface area (Å²) in [6, 6.07) is 13.3. The molecule has 0 unspecified atom stereocenters. The number of nitrogens with two attached hydrogens (primary N) is 2. The average Bonchev–Trinajstić information content (AvgIpc) is 3.61. The van der Waals surface area contributed by atoms with Gasteiger partial charge in [0.25, 0.3) is 5.92 Å². The summed E-state index contributed by atoms with van der Waals surface area (Å²) in [5.41, 5.74) is 15.9. The van der Waals surface area contributed by atoms with E-state index in [4.69, 9.17) is 29.7 Å². The lowest BCUT2D eigenvalue weighted by atomic mass is 9.60. The zero-order chi connectivity index (χ0) is 49.1. The maximum atomic E-state index is 14.6. The lowest BCUT2D eigenvalue weighted by Crippen LogP contribution is -2.49. The molecular weight excluding hydrogens is 857 g/mol. The molecule has 2 aliphatic carbocycles. The molecule has 0 radical (unpaired) electrons. The molecule has 2 saturated heterocycles. The van der Waals surface area contributed by atoms with E-state index in [2.05, 4.69) is 50.3 Å². The normalized spacial score (nSPS) is 19.0. The summed E-state index contributed by atoms with van der Waals surface area (Å²) in [4.78, 5) is 44.6. The molecule has 15 heteroatoms. The van der Waals surface area contributed by atoms with Gasteiger partial charge in [-0.25, -0.2) is 18.6 Å². The standard InChI is InChI=1S/C41H45F2N5O5.C4H7N.2C3H8.CH3NO/c1-26(19-44-27(2)34-7-5-16-48(34)38(50)23-52-4)30-13-14-36-32(17-30)40(24-41(42,43)25-40)18-37(53-36)29-11-9-28(10-12-29)33-20-45-39(46-33)35-8-6-15-47(35)31(21-49)22-51-3;5-3-4-1-2-4;2*1-3-2;2-1-3/h9-14,17-20,34-35,44H,2,5-8,15-16,22-25H2,1,3-4H3,(H,45,46);3H,1-2,5H2;2*3H2,1-2H3;1H,(H2,2,3)/b26-19+;;;;/t34-,35-;;;;/m0..../s1. The van der Waals surface area contributed by atoms with E-state index >= 15 is 0 Å². The number of aromatic nitrogens is 2. The molecule has 2 atom stereocenters. The van der Waals surface area contributed by atoms with Crippen LogP contribution in [0.2, 0.25) is 0 Å². The molecule has 5 aliphatic rings. The summed E-state index contributed by atoms with van der Waals surface area (Å²) in [5.74, 6) is 1.06. The number of nitrogens with one attached hydrogen (secondary N) is 2. The van der Waals surface area contributed by atoms with Crippen LogP contribution in [0.1, 0.15) is 127 Å². The van der Waals surface area contributed by atoms with Crippen LogP contribution in [-0.2, 0) is 29.3 Å². The number of carbonyl (C=O) groups excluding carboxylic acids is 3. The van der Waals surface area contributed by atoms with Crippen LogP contribution < -0.4 is 21.5 Å². The summed E-state index contributed by atoms with van der Waals surface area (Å²) in [6.07, 6.45) is 15.4. The van der Waals surface area contributed by atoms with Crippen LogP contribution in [0.25, 0.3) is 22.6 Å². The van der Waals surface area contributed by atoms with E-state index < -0.39 is 11.3 Å². The number of imidazole rings is 1. The highest BCUT2D eigenvalue weighted by molar-refractivity contribution is 5.78. The summed E-state index contributed by atoms with van der Waals surface area (Å²) < 4.78 is 45.9. The molecule has 2 saturated carbocycles. The molecule has 8 rings (SSSR count). The van der Waals surface area contributed by atoms with E-state index in [0.29, 0.717) is 23.8 Å². The second-order valence-corrected chi connectivity index (χ2v) is 17.3. The Kier molecular flexibility index (Phi) is 20.6. The smallest absolute Gasteiger partial charge is 0.250 e. The first-order valence-corrected chi connectivity index (χ1v) is 23.3. The van der Waals surface area contributed by atoms with Crippen LogP contribution in [0.3, 0.4) is 0 Å². The van der Waals surface area contributed by atoms with Gasteiger partial charge in [-0.15, -0.1) is 0 Å². The molecule has 3 aromatic rings. The number of aromatic amines is 1. The second kappa shape index (κ2) is 25.8. The van der Waals surface area contributed by atoms with Crippen LogP contribution >= 0.6 is 0 Å². The Morgan fingerprint density at radius 1 is 0.985 bits per heavy atom. The fourth-order valence-electron chi connectivity index (χ4n) is 8.43. The number of likely N-dealkylation sites (tertiary alicyclic amines) is 2. The number of halogens is 2. The molecule has 4 fully saturated rings. The van der Waals surface area contributed by atoms with Crippen molar-refractivity contribution in [1.29, 1.82) is 0 Å². The number of fused-ring (bicyclic) bond motifs is 2. The third-order valence-corrected chi connectivity index (χ3v) is 11.6. The number of benzene rings is 2. The van der Waals surface area contributed by atoms with Crippen LogP contribution in [-0.4, -0.2) is 90.5 Å². The number of carbonyl (C=O) groups is 2. The van der Waals surface area contributed by atoms with E-state index in [1.165, 1.54) is 38.4 Å². The van der Waals surface area contributed by atoms with E-state index in [1.807, 2.05) is 78.7 Å². The number of hydrogen-bond acceptors (Lipinski definition) is 10. The first kappa shape index (κ1) is 53.6. The van der Waals surface area contributed by atoms with Gasteiger partial charge in [-0.05, 0) is 81.0 Å². The fraction of sp³-hybridized carbons (Fsp3) is 0.481. The van der Waals surface area contributed by atoms with Crippen molar-refractivity contribution < 1.29 is 37.4 Å². The molecule has 1 aromatic heterocycles. The van der Waals surface area contributed by atoms with E-state index in [0.717, 1.165) is 77.3 Å². The number of methoxy groups -OCH3 is 2. The molecule has 2 amide bonds. The van der Waals surface area contributed by atoms with E-state index in [9.17, 15) is 18.4 Å². The Balaban J connectivity index is 0.000000614. The van der Waals surface area contributed by atoms with Gasteiger partial charge < -0.3 is 45.8 Å². The second-order valence-electron chi connectivity index (χ2n) is 17.3. The lowest BCUT2D eigenvalue weighted by Gasteiger charge is -2.48. The number of H-pyrrole nitrogens is 1. The quantitative estimate of drug-likeness (QED) is 0.101. The van der Waals surface area contributed by atoms with Crippen molar-refractivity contribution in [3.63, 3.8) is 0 Å². The molecule has 67 heavy (non-hydrogen) atoms. The maximum Gasteiger partial charge on any atom is 0.250 e. The van der Waals surface area contributed by atoms with Gasteiger partial charge in [0.15, 0.2) is 0 Å². The van der Waals surface area contributed by atoms with Crippen LogP contribution in [0.15, 0.2) is 90.7 Å². The number of allylic oxidation sites excluding steroid dienone is 3. The topological polar surface area (TPSA) is 178 Å². The van der Waals surface area contributed by atoms with Gasteiger partial charge in [-0.3, -0.25) is 9.59 Å². The Hall–Kier alpha value is -6.02. The summed E-state index contributed by atoms with van der Waals surface area (Å²) in [7, 11) is 3.06. The SMILES string of the molecule is C=C(N/C=C(\C)c1ccc2c(c1)C1(C=C(c3ccc(-c4c[nH]c([C@@H]5CCCN5C(=C=O)COC)n4)cc3)O2)CC(F)(F)C1)[C@@H]1CCCN1C(=O)COC.CCC.CCC.NC=C1CC1.NC=O. The highest BCUT2D eigenvalue weighted by atomic mass is 19.3. The number of hydrogen-bond donors (Lipinski definition) is 4. The average molecular weight is 928 g/mol. The predicted octanol–water partition coefficient (Wildman–Crippen LogP) is 9.33. The third kappa shape index (κ3) is 14.2. The number of ether oxygens (including phenoxy) is 3. The van der Waals surface area contributed by atoms with Crippen LogP contribution in [0.4, 0.5) is 8.78 Å². The van der Waals surface area contributed by atoms with Gasteiger partial charge in [0.05, 0.1) is 24.4 Å². The van der Waals surface area contributed by atoms with Gasteiger partial charge in [0.2, 0.25) is 12.3 Å². The van der Waals surface area contributed by atoms with E-state index in [1.54, 1.807) is 18.2 Å². The number of nitrogens with zero attached hydrogens (tertiary/aromatic N) is 3. The van der Waals surface area contributed by atoms with Gasteiger partial charge in [-0.1, -0.05) is 83.0 Å². The van der Waals surface area contributed by atoms with Crippen molar-refractivity contribution in [2.45, 2.75) is 122 Å². The van der Waals surface area contributed by atoms with Crippen molar-refractivity contribution >= 4 is 29.6 Å². The Morgan fingerprint density at radius 3 is 2.16 bits per heavy atom. The van der Waals surface area contributed by atoms with Crippen LogP contribution in [0, 0.1) is 0 Å². The Morgan fingerprint density at radius 2 is 1.60 bits per heavy atom. The van der Waals surface area contributed by atoms with Gasteiger partial charge in [0.1, 0.15) is 35.6 Å². The molecule has 3 aliphatic heterocycles. The Labute approximate surface area is 395 Å². The molecule has 1 spiro atoms. The molecule has 4 heterocycles. The highest BCUT2D eigenvalue weighted by Gasteiger charge is 2.58. The Bertz CT molecular complexity index is 2250. The van der Waals surface area contributed by atoms with Crippen molar-refractivity contribution in [3.8, 4) is 17.0 Å². The van der Waals surface area contributed by atoms with Crippen molar-refractivity contribution in [2.24, 2.45) is 11.5 Å². The largest absolute Gasteiger partial charge is 0.457 e. The highest BCUT2D eigenvalue weighted by Crippen LogP contribution is 2.59. The van der Waals surface area contributed by atoms with Crippen molar-refractivity contribution in [3.05, 3.63) is 113 Å². The third-order valence-electron chi connectivity index (χ3n) is 11.6. The molecular formula is C52H71F2N7O6. The zero-order valence-corrected chi connectivity index (χ0v) is 40.4. The summed E-state index contributed by atoms with van der Waals surface area (Å²) in [6.45, 7) is 16.3. The number of amides is 2. The minimum atomic E-state index is -2.77. The first-order chi connectivity index (χ1) is 32.2. The van der Waals surface area contributed by atoms with Gasteiger partial charge >= 0.3 is 0 Å². The van der Waals surface area contributed by atoms with Gasteiger partial charge in [-0.2, -0.15) is 0 Å². The number of primary amides is 1. The molecule has 2 aromatic carbocycles. The summed E-state index contributed by atoms with van der Waals surface area (Å²) in [5, 5.41) is 3.28. The van der Waals surface area contributed by atoms with Crippen molar-refractivity contribution in [1.82, 2.24) is 25.1 Å². The predicted molar refractivity (Wildman–Crippen MR) is 261 cm³/mol. The maximum absolute atomic E-state index is 14.6. The molecule has 364 valence electrons. The van der Waals surface area contributed by atoms with Crippen molar-refractivity contribution in [2.75, 3.05) is 40.5 Å². The van der Waals surface area contributed by atoms with Crippen LogP contribution in [0.5, 0.6) is 5.75 Å². The van der Waals surface area contributed by atoms with Gasteiger partial charge in [0, 0.05) is 80.3 Å². The monoisotopic (exact) mass is 928 g/mol. The van der Waals surface area contributed by atoms with E-state index in [-0.39, 0.29) is 50.5 Å². The first-order valence-electron chi connectivity index (χ1n) is 23.3. The minimum absolute atomic E-state index is 0.0313. The summed E-state index contributed by atoms with van der Waals surface area (Å²) >= 11 is 0. The lowest BCUT2D eigenvalue weighted by molar-refractivity contribution is -0.135. The molecule has 6 N–H and O–H groups in total. The number of alkyl halides is 2. The number of rotatable bonds is 12.